The maximum absolute atomic E-state index is 8.27. The lowest BCUT2D eigenvalue weighted by Gasteiger charge is -2.03. The van der Waals surface area contributed by atoms with Gasteiger partial charge in [0.1, 0.15) is 0 Å². The summed E-state index contributed by atoms with van der Waals surface area (Å²) >= 11 is 0. The fourth-order valence-electron chi connectivity index (χ4n) is 1.69. The van der Waals surface area contributed by atoms with Crippen molar-refractivity contribution in [3.8, 4) is 6.07 Å². The number of ether oxygens (including phenoxy) is 1. The molecule has 0 saturated carbocycles. The minimum absolute atomic E-state index is 0. The van der Waals surface area contributed by atoms with Gasteiger partial charge in [0.25, 0.3) is 0 Å². The van der Waals surface area contributed by atoms with Gasteiger partial charge in [0.2, 0.25) is 0 Å². The highest BCUT2D eigenvalue weighted by atomic mass is 35.5. The SMILES string of the molecule is CCOC(=N)Cc1ccccc1.Cl.N#CCc1ccccc1. The van der Waals surface area contributed by atoms with Gasteiger partial charge in [0, 0.05) is 6.42 Å². The molecule has 2 rings (SSSR count). The highest BCUT2D eigenvalue weighted by Crippen LogP contribution is 2.00. The fraction of sp³-hybridized carbons (Fsp3) is 0.222. The van der Waals surface area contributed by atoms with E-state index in [4.69, 9.17) is 15.4 Å². The molecular formula is C18H21ClN2O. The van der Waals surface area contributed by atoms with Gasteiger partial charge in [-0.05, 0) is 18.1 Å². The molecule has 0 fully saturated rings. The summed E-state index contributed by atoms with van der Waals surface area (Å²) in [6.07, 6.45) is 1.11. The number of hydrogen-bond acceptors (Lipinski definition) is 3. The Kier molecular flexibility index (Phi) is 11.1. The first-order valence-corrected chi connectivity index (χ1v) is 6.91. The van der Waals surface area contributed by atoms with Crippen LogP contribution in [0.3, 0.4) is 0 Å². The van der Waals surface area contributed by atoms with E-state index in [0.717, 1.165) is 11.1 Å². The number of hydrogen-bond donors (Lipinski definition) is 1. The second kappa shape index (κ2) is 12.4. The predicted octanol–water partition coefficient (Wildman–Crippen LogP) is 4.42. The number of nitrogens with zero attached hydrogens (tertiary/aromatic N) is 1. The molecule has 0 spiro atoms. The summed E-state index contributed by atoms with van der Waals surface area (Å²) in [6.45, 7) is 2.46. The highest BCUT2D eigenvalue weighted by molar-refractivity contribution is 5.85. The van der Waals surface area contributed by atoms with Crippen LogP contribution in [0.1, 0.15) is 18.1 Å². The van der Waals surface area contributed by atoms with E-state index < -0.39 is 0 Å². The van der Waals surface area contributed by atoms with Crippen molar-refractivity contribution in [1.82, 2.24) is 0 Å². The molecule has 0 heterocycles. The van der Waals surface area contributed by atoms with Crippen molar-refractivity contribution in [3.63, 3.8) is 0 Å². The summed E-state index contributed by atoms with van der Waals surface area (Å²) in [7, 11) is 0. The molecule has 0 saturated heterocycles. The molecule has 2 aromatic rings. The van der Waals surface area contributed by atoms with Crippen molar-refractivity contribution < 1.29 is 4.74 Å². The lowest BCUT2D eigenvalue weighted by molar-refractivity contribution is 0.317. The van der Waals surface area contributed by atoms with Crippen LogP contribution in [0.4, 0.5) is 0 Å². The smallest absolute Gasteiger partial charge is 0.184 e. The molecule has 0 unspecified atom stereocenters. The molecule has 3 nitrogen and oxygen atoms in total. The van der Waals surface area contributed by atoms with Crippen molar-refractivity contribution >= 4 is 18.3 Å². The average molecular weight is 317 g/mol. The van der Waals surface area contributed by atoms with Crippen molar-refractivity contribution in [2.75, 3.05) is 6.61 Å². The number of nitrogens with one attached hydrogen (secondary N) is 1. The molecule has 0 aliphatic rings. The third-order valence-corrected chi connectivity index (χ3v) is 2.65. The number of halogens is 1. The van der Waals surface area contributed by atoms with E-state index in [1.165, 1.54) is 0 Å². The number of benzene rings is 2. The van der Waals surface area contributed by atoms with Gasteiger partial charge in [-0.2, -0.15) is 5.26 Å². The van der Waals surface area contributed by atoms with E-state index >= 15 is 0 Å². The first-order chi connectivity index (χ1) is 10.3. The van der Waals surface area contributed by atoms with Gasteiger partial charge in [-0.15, -0.1) is 12.4 Å². The summed E-state index contributed by atoms with van der Waals surface area (Å²) < 4.78 is 5.03. The lowest BCUT2D eigenvalue weighted by atomic mass is 10.1. The molecule has 2 aromatic carbocycles. The lowest BCUT2D eigenvalue weighted by Crippen LogP contribution is -2.06. The number of nitriles is 1. The molecule has 0 amide bonds. The Bertz CT molecular complexity index is 565. The van der Waals surface area contributed by atoms with Gasteiger partial charge in [0.15, 0.2) is 5.90 Å². The van der Waals surface area contributed by atoms with Crippen molar-refractivity contribution in [2.24, 2.45) is 0 Å². The zero-order valence-corrected chi connectivity index (χ0v) is 13.5. The van der Waals surface area contributed by atoms with Crippen LogP contribution in [0.5, 0.6) is 0 Å². The average Bonchev–Trinajstić information content (AvgIpc) is 2.50. The third kappa shape index (κ3) is 8.78. The van der Waals surface area contributed by atoms with E-state index in [1.807, 2.05) is 67.6 Å². The summed E-state index contributed by atoms with van der Waals surface area (Å²) in [5, 5.41) is 15.7. The Morgan fingerprint density at radius 3 is 1.95 bits per heavy atom. The molecular weight excluding hydrogens is 296 g/mol. The zero-order valence-electron chi connectivity index (χ0n) is 12.7. The topological polar surface area (TPSA) is 56.9 Å². The summed E-state index contributed by atoms with van der Waals surface area (Å²) in [5.74, 6) is 0.337. The van der Waals surface area contributed by atoms with Crippen LogP contribution in [0.2, 0.25) is 0 Å². The highest BCUT2D eigenvalue weighted by Gasteiger charge is 1.97. The molecule has 4 heteroatoms. The molecule has 0 aliphatic carbocycles. The Hall–Kier alpha value is -2.31. The second-order valence-electron chi connectivity index (χ2n) is 4.34. The normalized spacial score (nSPS) is 8.55. The summed E-state index contributed by atoms with van der Waals surface area (Å²) in [5.41, 5.74) is 2.20. The van der Waals surface area contributed by atoms with Crippen LogP contribution >= 0.6 is 12.4 Å². The van der Waals surface area contributed by atoms with Crippen molar-refractivity contribution in [1.29, 1.82) is 10.7 Å². The van der Waals surface area contributed by atoms with Gasteiger partial charge in [-0.1, -0.05) is 60.7 Å². The largest absolute Gasteiger partial charge is 0.481 e. The quantitative estimate of drug-likeness (QED) is 0.670. The predicted molar refractivity (Wildman–Crippen MR) is 92.5 cm³/mol. The second-order valence-corrected chi connectivity index (χ2v) is 4.34. The maximum atomic E-state index is 8.27. The molecule has 0 aliphatic heterocycles. The molecule has 0 aromatic heterocycles. The maximum Gasteiger partial charge on any atom is 0.184 e. The molecule has 22 heavy (non-hydrogen) atoms. The van der Waals surface area contributed by atoms with Crippen LogP contribution in [0.15, 0.2) is 60.7 Å². The van der Waals surface area contributed by atoms with Gasteiger partial charge in [-0.3, -0.25) is 5.41 Å². The van der Waals surface area contributed by atoms with Crippen LogP contribution in [0, 0.1) is 16.7 Å². The molecule has 0 radical (unpaired) electrons. The third-order valence-electron chi connectivity index (χ3n) is 2.65. The standard InChI is InChI=1S/C10H13NO.C8H7N.ClH/c1-2-12-10(11)8-9-6-4-3-5-7-9;9-7-6-8-4-2-1-3-5-8;/h3-7,11H,2,8H2,1H3;1-5H,6H2;1H. The van der Waals surface area contributed by atoms with Gasteiger partial charge >= 0.3 is 0 Å². The van der Waals surface area contributed by atoms with E-state index in [0.29, 0.717) is 25.3 Å². The van der Waals surface area contributed by atoms with Crippen LogP contribution in [-0.2, 0) is 17.6 Å². The van der Waals surface area contributed by atoms with Crippen LogP contribution < -0.4 is 0 Å². The summed E-state index contributed by atoms with van der Waals surface area (Å²) in [4.78, 5) is 0. The monoisotopic (exact) mass is 316 g/mol. The van der Waals surface area contributed by atoms with E-state index in [-0.39, 0.29) is 12.4 Å². The molecule has 0 atom stereocenters. The van der Waals surface area contributed by atoms with E-state index in [9.17, 15) is 0 Å². The molecule has 0 bridgehead atoms. The first kappa shape index (κ1) is 19.7. The van der Waals surface area contributed by atoms with Crippen LogP contribution in [-0.4, -0.2) is 12.5 Å². The van der Waals surface area contributed by atoms with Crippen molar-refractivity contribution in [3.05, 3.63) is 71.8 Å². The van der Waals surface area contributed by atoms with Gasteiger partial charge in [-0.25, -0.2) is 0 Å². The Morgan fingerprint density at radius 2 is 1.50 bits per heavy atom. The summed E-state index contributed by atoms with van der Waals surface area (Å²) in [6, 6.07) is 21.7. The number of rotatable bonds is 4. The van der Waals surface area contributed by atoms with E-state index in [2.05, 4.69) is 6.07 Å². The Balaban J connectivity index is 0.000000397. The zero-order chi connectivity index (χ0) is 15.3. The van der Waals surface area contributed by atoms with Gasteiger partial charge < -0.3 is 4.74 Å². The minimum Gasteiger partial charge on any atom is -0.481 e. The van der Waals surface area contributed by atoms with E-state index in [1.54, 1.807) is 0 Å². The first-order valence-electron chi connectivity index (χ1n) is 6.91. The minimum atomic E-state index is 0. The molecule has 1 N–H and O–H groups in total. The Morgan fingerprint density at radius 1 is 1.00 bits per heavy atom. The Labute approximate surface area is 138 Å². The fourth-order valence-corrected chi connectivity index (χ4v) is 1.69. The van der Waals surface area contributed by atoms with Crippen molar-refractivity contribution in [2.45, 2.75) is 19.8 Å². The van der Waals surface area contributed by atoms with Gasteiger partial charge in [0.05, 0.1) is 19.1 Å². The molecule has 116 valence electrons. The van der Waals surface area contributed by atoms with Crippen LogP contribution in [0.25, 0.3) is 0 Å².